The Kier molecular flexibility index (Phi) is 5.56. The molecule has 30 heavy (non-hydrogen) atoms. The highest BCUT2D eigenvalue weighted by molar-refractivity contribution is 5.74. The summed E-state index contributed by atoms with van der Waals surface area (Å²) in [6.45, 7) is 14.9. The van der Waals surface area contributed by atoms with Gasteiger partial charge in [0.2, 0.25) is 0 Å². The van der Waals surface area contributed by atoms with Gasteiger partial charge in [-0.1, -0.05) is 0 Å². The third kappa shape index (κ3) is 3.70. The lowest BCUT2D eigenvalue weighted by molar-refractivity contribution is 0.0362. The van der Waals surface area contributed by atoms with Gasteiger partial charge in [-0.3, -0.25) is 9.97 Å². The van der Waals surface area contributed by atoms with Gasteiger partial charge < -0.3 is 9.64 Å². The van der Waals surface area contributed by atoms with Crippen LogP contribution in [-0.4, -0.2) is 34.6 Å². The molecule has 4 rings (SSSR count). The Morgan fingerprint density at radius 2 is 1.63 bits per heavy atom. The van der Waals surface area contributed by atoms with Crippen molar-refractivity contribution in [3.05, 3.63) is 69.9 Å². The number of anilines is 1. The lowest BCUT2D eigenvalue weighted by Crippen LogP contribution is -2.39. The number of ether oxygens (including phenoxy) is 1. The van der Waals surface area contributed by atoms with E-state index in [2.05, 4.69) is 69.6 Å². The second kappa shape index (κ2) is 8.15. The maximum absolute atomic E-state index is 6.11. The maximum Gasteiger partial charge on any atom is 0.132 e. The molecule has 1 aliphatic heterocycles. The Hall–Kier alpha value is -2.79. The molecule has 0 bridgehead atoms. The van der Waals surface area contributed by atoms with Crippen LogP contribution in [-0.2, 0) is 4.74 Å². The van der Waals surface area contributed by atoms with Gasteiger partial charge in [0.25, 0.3) is 0 Å². The van der Waals surface area contributed by atoms with Crippen molar-refractivity contribution in [1.82, 2.24) is 15.0 Å². The molecular weight excluding hydrogens is 372 g/mol. The minimum Gasteiger partial charge on any atom is -0.368 e. The van der Waals surface area contributed by atoms with E-state index in [1.54, 1.807) is 0 Å². The first-order valence-corrected chi connectivity index (χ1v) is 10.6. The topological polar surface area (TPSA) is 51.1 Å². The van der Waals surface area contributed by atoms with Crippen LogP contribution in [0, 0.1) is 41.5 Å². The summed E-state index contributed by atoms with van der Waals surface area (Å²) in [6, 6.07) is 6.39. The predicted molar refractivity (Wildman–Crippen MR) is 121 cm³/mol. The largest absolute Gasteiger partial charge is 0.368 e. The highest BCUT2D eigenvalue weighted by atomic mass is 16.5. The summed E-state index contributed by atoms with van der Waals surface area (Å²) < 4.78 is 6.11. The molecule has 1 aliphatic rings. The van der Waals surface area contributed by atoms with E-state index < -0.39 is 0 Å². The Bertz CT molecular complexity index is 1090. The van der Waals surface area contributed by atoms with Gasteiger partial charge in [-0.25, -0.2) is 4.98 Å². The van der Waals surface area contributed by atoms with Crippen LogP contribution >= 0.6 is 0 Å². The molecule has 0 aliphatic carbocycles. The summed E-state index contributed by atoms with van der Waals surface area (Å²) >= 11 is 0. The van der Waals surface area contributed by atoms with Gasteiger partial charge in [0.15, 0.2) is 0 Å². The van der Waals surface area contributed by atoms with E-state index in [0.717, 1.165) is 36.0 Å². The molecule has 0 aromatic carbocycles. The third-order valence-corrected chi connectivity index (χ3v) is 6.31. The van der Waals surface area contributed by atoms with Gasteiger partial charge in [-0.15, -0.1) is 0 Å². The summed E-state index contributed by atoms with van der Waals surface area (Å²) in [5.41, 5.74) is 10.4. The molecule has 3 aromatic rings. The molecule has 1 atom stereocenters. The fraction of sp³-hybridized carbons (Fsp3) is 0.400. The van der Waals surface area contributed by atoms with Crippen molar-refractivity contribution in [3.8, 4) is 11.1 Å². The van der Waals surface area contributed by atoms with Crippen LogP contribution in [0.1, 0.15) is 45.4 Å². The van der Waals surface area contributed by atoms with Crippen molar-refractivity contribution in [2.75, 3.05) is 24.6 Å². The molecular formula is C25H30N4O. The van der Waals surface area contributed by atoms with Crippen molar-refractivity contribution < 1.29 is 4.74 Å². The number of morpholine rings is 1. The number of nitrogens with zero attached hydrogens (tertiary/aromatic N) is 4. The highest BCUT2D eigenvalue weighted by Gasteiger charge is 2.27. The van der Waals surface area contributed by atoms with Crippen molar-refractivity contribution in [2.45, 2.75) is 47.6 Å². The van der Waals surface area contributed by atoms with E-state index >= 15 is 0 Å². The van der Waals surface area contributed by atoms with Crippen LogP contribution in [0.15, 0.2) is 30.6 Å². The number of aryl methyl sites for hydroxylation is 4. The minimum absolute atomic E-state index is 0.0477. The monoisotopic (exact) mass is 402 g/mol. The van der Waals surface area contributed by atoms with Crippen molar-refractivity contribution >= 4 is 5.82 Å². The van der Waals surface area contributed by atoms with Gasteiger partial charge in [-0.05, 0) is 87.6 Å². The predicted octanol–water partition coefficient (Wildman–Crippen LogP) is 4.97. The van der Waals surface area contributed by atoms with Crippen LogP contribution in [0.25, 0.3) is 11.1 Å². The Morgan fingerprint density at radius 3 is 2.43 bits per heavy atom. The smallest absolute Gasteiger partial charge is 0.132 e. The van der Waals surface area contributed by atoms with Crippen LogP contribution < -0.4 is 4.90 Å². The summed E-state index contributed by atoms with van der Waals surface area (Å²) in [5, 5.41) is 0. The molecule has 156 valence electrons. The summed E-state index contributed by atoms with van der Waals surface area (Å²) in [5.74, 6) is 1.02. The zero-order chi connectivity index (χ0) is 21.4. The van der Waals surface area contributed by atoms with E-state index in [1.807, 2.05) is 12.4 Å². The first-order valence-electron chi connectivity index (χ1n) is 10.6. The lowest BCUT2D eigenvalue weighted by Gasteiger charge is -2.35. The summed E-state index contributed by atoms with van der Waals surface area (Å²) in [6.07, 6.45) is 3.74. The number of pyridine rings is 3. The molecule has 1 fully saturated rings. The average Bonchev–Trinajstić information content (AvgIpc) is 2.73. The average molecular weight is 403 g/mol. The normalized spacial score (nSPS) is 16.7. The van der Waals surface area contributed by atoms with Gasteiger partial charge in [0.1, 0.15) is 11.9 Å². The van der Waals surface area contributed by atoms with Crippen LogP contribution in [0.3, 0.4) is 0 Å². The van der Waals surface area contributed by atoms with E-state index in [9.17, 15) is 0 Å². The molecule has 0 saturated carbocycles. The van der Waals surface area contributed by atoms with Crippen LogP contribution in [0.4, 0.5) is 5.82 Å². The van der Waals surface area contributed by atoms with Gasteiger partial charge >= 0.3 is 0 Å². The van der Waals surface area contributed by atoms with Crippen molar-refractivity contribution in [3.63, 3.8) is 0 Å². The lowest BCUT2D eigenvalue weighted by atomic mass is 9.98. The number of aromatic nitrogens is 3. The summed E-state index contributed by atoms with van der Waals surface area (Å²) in [4.78, 5) is 16.5. The van der Waals surface area contributed by atoms with E-state index in [4.69, 9.17) is 14.7 Å². The Balaban J connectivity index is 1.69. The zero-order valence-corrected chi connectivity index (χ0v) is 18.8. The minimum atomic E-state index is -0.0477. The van der Waals surface area contributed by atoms with Gasteiger partial charge in [0, 0.05) is 35.9 Å². The van der Waals surface area contributed by atoms with E-state index in [1.165, 1.54) is 33.4 Å². The summed E-state index contributed by atoms with van der Waals surface area (Å²) in [7, 11) is 0. The van der Waals surface area contributed by atoms with Crippen LogP contribution in [0.5, 0.6) is 0 Å². The fourth-order valence-electron chi connectivity index (χ4n) is 4.22. The number of rotatable bonds is 3. The molecule has 3 aromatic heterocycles. The molecule has 1 saturated heterocycles. The quantitative estimate of drug-likeness (QED) is 0.619. The van der Waals surface area contributed by atoms with Gasteiger partial charge in [0.05, 0.1) is 18.8 Å². The molecule has 1 unspecified atom stereocenters. The molecule has 4 heterocycles. The van der Waals surface area contributed by atoms with Crippen molar-refractivity contribution in [2.24, 2.45) is 0 Å². The molecule has 0 amide bonds. The maximum atomic E-state index is 6.11. The van der Waals surface area contributed by atoms with E-state index in [0.29, 0.717) is 6.61 Å². The first-order chi connectivity index (χ1) is 14.4. The molecule has 5 heteroatoms. The Labute approximate surface area is 179 Å². The number of hydrogen-bond donors (Lipinski definition) is 0. The fourth-order valence-corrected chi connectivity index (χ4v) is 4.22. The molecule has 0 spiro atoms. The van der Waals surface area contributed by atoms with Crippen molar-refractivity contribution in [1.29, 1.82) is 0 Å². The SMILES string of the molecule is Cc1cc(-c2ccnc(N3CCOC(c4nccc(C)c4C)C3)c2C)c(C)nc1C. The molecule has 0 radical (unpaired) electrons. The second-order valence-corrected chi connectivity index (χ2v) is 8.27. The van der Waals surface area contributed by atoms with E-state index in [-0.39, 0.29) is 6.10 Å². The highest BCUT2D eigenvalue weighted by Crippen LogP contribution is 2.34. The number of hydrogen-bond acceptors (Lipinski definition) is 5. The second-order valence-electron chi connectivity index (χ2n) is 8.27. The van der Waals surface area contributed by atoms with Gasteiger partial charge in [-0.2, -0.15) is 0 Å². The van der Waals surface area contributed by atoms with Crippen LogP contribution in [0.2, 0.25) is 0 Å². The molecule has 0 N–H and O–H groups in total. The Morgan fingerprint density at radius 1 is 0.867 bits per heavy atom. The zero-order valence-electron chi connectivity index (χ0n) is 18.8. The molecule has 5 nitrogen and oxygen atoms in total. The third-order valence-electron chi connectivity index (χ3n) is 6.31. The standard InChI is InChI=1S/C25H30N4O/c1-15-7-9-26-24(17(15)3)23-14-29(11-12-30-23)25-18(4)21(8-10-27-25)22-13-16(2)19(5)28-20(22)6/h7-10,13,23H,11-12,14H2,1-6H3. The first kappa shape index (κ1) is 20.5.